The topological polar surface area (TPSA) is 36.1 Å². The lowest BCUT2D eigenvalue weighted by Gasteiger charge is -2.24. The fraction of sp³-hybridized carbons (Fsp3) is 0.211. The molecule has 1 aliphatic rings. The molecule has 1 atom stereocenters. The fourth-order valence-electron chi connectivity index (χ4n) is 3.40. The monoisotopic (exact) mass is 368 g/mol. The van der Waals surface area contributed by atoms with E-state index in [0.717, 1.165) is 34.8 Å². The van der Waals surface area contributed by atoms with Gasteiger partial charge in [-0.2, -0.15) is 0 Å². The summed E-state index contributed by atoms with van der Waals surface area (Å²) in [5.41, 5.74) is 2.88. The van der Waals surface area contributed by atoms with E-state index >= 15 is 0 Å². The zero-order chi connectivity index (χ0) is 15.8. The molecule has 0 bridgehead atoms. The van der Waals surface area contributed by atoms with E-state index in [2.05, 4.69) is 33.0 Å². The lowest BCUT2D eigenvalue weighted by molar-refractivity contribution is 0.0730. The molecule has 0 spiro atoms. The Morgan fingerprint density at radius 1 is 1.13 bits per heavy atom. The van der Waals surface area contributed by atoms with E-state index in [0.29, 0.717) is 5.69 Å². The van der Waals surface area contributed by atoms with E-state index in [1.165, 1.54) is 5.56 Å². The molecule has 0 radical (unpaired) electrons. The number of benzene rings is 2. The van der Waals surface area contributed by atoms with Crippen LogP contribution in [0.2, 0.25) is 0 Å². The van der Waals surface area contributed by atoms with Crippen LogP contribution in [0, 0.1) is 0 Å². The van der Waals surface area contributed by atoms with Gasteiger partial charge in [-0.25, -0.2) is 0 Å². The summed E-state index contributed by atoms with van der Waals surface area (Å²) in [6.07, 6.45) is 2.08. The number of carbonyl (C=O) groups is 1. The second kappa shape index (κ2) is 5.85. The number of fused-ring (bicyclic) bond motifs is 1. The second-order valence-corrected chi connectivity index (χ2v) is 6.90. The van der Waals surface area contributed by atoms with Crippen molar-refractivity contribution in [3.8, 4) is 0 Å². The lowest BCUT2D eigenvalue weighted by atomic mass is 10.0. The maximum Gasteiger partial charge on any atom is 0.270 e. The largest absolute Gasteiger partial charge is 0.351 e. The molecule has 116 valence electrons. The Morgan fingerprint density at radius 2 is 1.96 bits per heavy atom. The second-order valence-electron chi connectivity index (χ2n) is 5.98. The highest BCUT2D eigenvalue weighted by Gasteiger charge is 2.31. The SMILES string of the molecule is O=C(c1cc2cc(Br)ccc2[nH]1)N1CCCC1c1ccccc1. The van der Waals surface area contributed by atoms with Crippen molar-refractivity contribution in [2.45, 2.75) is 18.9 Å². The number of nitrogens with one attached hydrogen (secondary N) is 1. The number of likely N-dealkylation sites (tertiary alicyclic amines) is 1. The quantitative estimate of drug-likeness (QED) is 0.685. The number of hydrogen-bond donors (Lipinski definition) is 1. The smallest absolute Gasteiger partial charge is 0.270 e. The summed E-state index contributed by atoms with van der Waals surface area (Å²) in [6.45, 7) is 0.817. The van der Waals surface area contributed by atoms with Crippen LogP contribution in [-0.4, -0.2) is 22.3 Å². The Morgan fingerprint density at radius 3 is 2.78 bits per heavy atom. The number of aromatic nitrogens is 1. The average molecular weight is 369 g/mol. The van der Waals surface area contributed by atoms with Gasteiger partial charge in [0.2, 0.25) is 0 Å². The maximum atomic E-state index is 13.0. The first-order valence-corrected chi connectivity index (χ1v) is 8.66. The number of amides is 1. The Kier molecular flexibility index (Phi) is 3.69. The zero-order valence-electron chi connectivity index (χ0n) is 12.6. The standard InChI is InChI=1S/C19H17BrN2O/c20-15-8-9-16-14(11-15)12-17(21-16)19(23)22-10-4-7-18(22)13-5-2-1-3-6-13/h1-3,5-6,8-9,11-12,18,21H,4,7,10H2. The fourth-order valence-corrected chi connectivity index (χ4v) is 3.78. The van der Waals surface area contributed by atoms with Crippen molar-refractivity contribution >= 4 is 32.7 Å². The molecule has 23 heavy (non-hydrogen) atoms. The maximum absolute atomic E-state index is 13.0. The van der Waals surface area contributed by atoms with Crippen LogP contribution in [0.4, 0.5) is 0 Å². The van der Waals surface area contributed by atoms with Gasteiger partial charge in [-0.05, 0) is 42.7 Å². The average Bonchev–Trinajstić information content (AvgIpc) is 3.21. The van der Waals surface area contributed by atoms with E-state index in [9.17, 15) is 4.79 Å². The molecule has 2 aromatic carbocycles. The number of nitrogens with zero attached hydrogens (tertiary/aromatic N) is 1. The number of aromatic amines is 1. The highest BCUT2D eigenvalue weighted by atomic mass is 79.9. The van der Waals surface area contributed by atoms with Gasteiger partial charge in [0.05, 0.1) is 6.04 Å². The predicted octanol–water partition coefficient (Wildman–Crippen LogP) is 4.91. The van der Waals surface area contributed by atoms with Crippen LogP contribution in [0.15, 0.2) is 59.1 Å². The Bertz CT molecular complexity index is 856. The number of H-pyrrole nitrogens is 1. The third-order valence-electron chi connectivity index (χ3n) is 4.51. The molecule has 3 nitrogen and oxygen atoms in total. The molecule has 1 fully saturated rings. The van der Waals surface area contributed by atoms with Crippen LogP contribution in [0.25, 0.3) is 10.9 Å². The van der Waals surface area contributed by atoms with E-state index < -0.39 is 0 Å². The van der Waals surface area contributed by atoms with Crippen LogP contribution >= 0.6 is 15.9 Å². The molecule has 0 aliphatic carbocycles. The molecule has 4 rings (SSSR count). The zero-order valence-corrected chi connectivity index (χ0v) is 14.2. The lowest BCUT2D eigenvalue weighted by Crippen LogP contribution is -2.30. The summed E-state index contributed by atoms with van der Waals surface area (Å²) in [7, 11) is 0. The predicted molar refractivity (Wildman–Crippen MR) is 95.5 cm³/mol. The van der Waals surface area contributed by atoms with E-state index in [1.54, 1.807) is 0 Å². The van der Waals surface area contributed by atoms with Gasteiger partial charge in [-0.3, -0.25) is 4.79 Å². The molecule has 4 heteroatoms. The van der Waals surface area contributed by atoms with Crippen molar-refractivity contribution in [3.05, 3.63) is 70.3 Å². The molecule has 1 aliphatic heterocycles. The van der Waals surface area contributed by atoms with Crippen LogP contribution in [0.5, 0.6) is 0 Å². The Balaban J connectivity index is 1.66. The van der Waals surface area contributed by atoms with Gasteiger partial charge in [-0.15, -0.1) is 0 Å². The highest BCUT2D eigenvalue weighted by molar-refractivity contribution is 9.10. The molecule has 1 saturated heterocycles. The van der Waals surface area contributed by atoms with Gasteiger partial charge < -0.3 is 9.88 Å². The van der Waals surface area contributed by atoms with Crippen molar-refractivity contribution in [2.24, 2.45) is 0 Å². The highest BCUT2D eigenvalue weighted by Crippen LogP contribution is 2.33. The van der Waals surface area contributed by atoms with Gasteiger partial charge >= 0.3 is 0 Å². The summed E-state index contributed by atoms with van der Waals surface area (Å²) in [5, 5.41) is 1.05. The summed E-state index contributed by atoms with van der Waals surface area (Å²) in [5.74, 6) is 0.0867. The van der Waals surface area contributed by atoms with Crippen molar-refractivity contribution in [1.82, 2.24) is 9.88 Å². The van der Waals surface area contributed by atoms with Crippen LogP contribution in [0.1, 0.15) is 34.9 Å². The van der Waals surface area contributed by atoms with E-state index in [4.69, 9.17) is 0 Å². The molecule has 2 heterocycles. The number of rotatable bonds is 2. The summed E-state index contributed by atoms with van der Waals surface area (Å²) >= 11 is 3.48. The summed E-state index contributed by atoms with van der Waals surface area (Å²) in [4.78, 5) is 18.2. The number of carbonyl (C=O) groups excluding carboxylic acids is 1. The minimum atomic E-state index is 0.0867. The first-order chi connectivity index (χ1) is 11.2. The van der Waals surface area contributed by atoms with E-state index in [1.807, 2.05) is 47.4 Å². The van der Waals surface area contributed by atoms with Gasteiger partial charge in [-0.1, -0.05) is 46.3 Å². The van der Waals surface area contributed by atoms with Crippen molar-refractivity contribution in [2.75, 3.05) is 6.54 Å². The molecule has 1 N–H and O–H groups in total. The van der Waals surface area contributed by atoms with Gasteiger partial charge in [0, 0.05) is 21.9 Å². The normalized spacial score (nSPS) is 17.8. The molecule has 1 aromatic heterocycles. The molecule has 1 amide bonds. The van der Waals surface area contributed by atoms with Crippen LogP contribution in [-0.2, 0) is 0 Å². The first kappa shape index (κ1) is 14.5. The van der Waals surface area contributed by atoms with Gasteiger partial charge in [0.1, 0.15) is 5.69 Å². The third-order valence-corrected chi connectivity index (χ3v) is 5.00. The number of hydrogen-bond acceptors (Lipinski definition) is 1. The number of halogens is 1. The van der Waals surface area contributed by atoms with Gasteiger partial charge in [0.25, 0.3) is 5.91 Å². The third kappa shape index (κ3) is 2.68. The minimum absolute atomic E-state index is 0.0867. The van der Waals surface area contributed by atoms with Crippen LogP contribution in [0.3, 0.4) is 0 Å². The Hall–Kier alpha value is -2.07. The molecule has 0 saturated carbocycles. The van der Waals surface area contributed by atoms with Crippen molar-refractivity contribution < 1.29 is 4.79 Å². The summed E-state index contributed by atoms with van der Waals surface area (Å²) in [6, 6.07) is 18.4. The van der Waals surface area contributed by atoms with Crippen molar-refractivity contribution in [1.29, 1.82) is 0 Å². The summed E-state index contributed by atoms with van der Waals surface area (Å²) < 4.78 is 1.02. The minimum Gasteiger partial charge on any atom is -0.351 e. The molecule has 1 unspecified atom stereocenters. The van der Waals surface area contributed by atoms with Crippen molar-refractivity contribution in [3.63, 3.8) is 0 Å². The molecular formula is C19H17BrN2O. The van der Waals surface area contributed by atoms with Crippen LogP contribution < -0.4 is 0 Å². The molecular weight excluding hydrogens is 352 g/mol. The van der Waals surface area contributed by atoms with Gasteiger partial charge in [0.15, 0.2) is 0 Å². The first-order valence-electron chi connectivity index (χ1n) is 7.86. The van der Waals surface area contributed by atoms with E-state index in [-0.39, 0.29) is 11.9 Å². The Labute approximate surface area is 143 Å². The molecule has 3 aromatic rings.